The molecular formula is C18H31IN4O2S. The molecule has 0 bridgehead atoms. The number of rotatable bonds is 7. The predicted octanol–water partition coefficient (Wildman–Crippen LogP) is 2.72. The van der Waals surface area contributed by atoms with Crippen molar-refractivity contribution in [2.45, 2.75) is 50.5 Å². The Morgan fingerprint density at radius 1 is 1.15 bits per heavy atom. The van der Waals surface area contributed by atoms with E-state index in [0.29, 0.717) is 12.6 Å². The summed E-state index contributed by atoms with van der Waals surface area (Å²) in [7, 11) is -3.46. The first-order valence-electron chi connectivity index (χ1n) is 9.11. The van der Waals surface area contributed by atoms with E-state index in [0.717, 1.165) is 31.3 Å². The molecule has 0 atom stereocenters. The van der Waals surface area contributed by atoms with Crippen LogP contribution >= 0.6 is 24.0 Å². The van der Waals surface area contributed by atoms with Gasteiger partial charge in [-0.3, -0.25) is 4.99 Å². The summed E-state index contributed by atoms with van der Waals surface area (Å²) in [5.41, 5.74) is 0. The van der Waals surface area contributed by atoms with E-state index in [9.17, 15) is 8.42 Å². The Balaban J connectivity index is 0.00000338. The van der Waals surface area contributed by atoms with Gasteiger partial charge in [-0.05, 0) is 50.7 Å². The molecule has 0 heterocycles. The van der Waals surface area contributed by atoms with Gasteiger partial charge in [-0.15, -0.1) is 24.0 Å². The second kappa shape index (κ2) is 11.8. The molecule has 3 N–H and O–H groups in total. The van der Waals surface area contributed by atoms with Crippen LogP contribution in [0, 0.1) is 5.92 Å². The van der Waals surface area contributed by atoms with Crippen molar-refractivity contribution in [1.29, 1.82) is 0 Å². The first-order chi connectivity index (χ1) is 12.0. The van der Waals surface area contributed by atoms with E-state index >= 15 is 0 Å². The van der Waals surface area contributed by atoms with Crippen molar-refractivity contribution >= 4 is 40.0 Å². The van der Waals surface area contributed by atoms with Gasteiger partial charge in [-0.25, -0.2) is 13.1 Å². The molecule has 0 unspecified atom stereocenters. The van der Waals surface area contributed by atoms with Gasteiger partial charge in [0.25, 0.3) is 0 Å². The van der Waals surface area contributed by atoms with Crippen LogP contribution in [0.25, 0.3) is 0 Å². The Kier molecular flexibility index (Phi) is 10.5. The number of nitrogens with zero attached hydrogens (tertiary/aromatic N) is 1. The van der Waals surface area contributed by atoms with Crippen molar-refractivity contribution in [3.05, 3.63) is 30.3 Å². The van der Waals surface area contributed by atoms with Crippen molar-refractivity contribution < 1.29 is 8.42 Å². The van der Waals surface area contributed by atoms with Crippen LogP contribution in [0.4, 0.5) is 0 Å². The molecule has 1 aromatic rings. The van der Waals surface area contributed by atoms with Crippen LogP contribution in [0.2, 0.25) is 0 Å². The zero-order valence-electron chi connectivity index (χ0n) is 15.6. The summed E-state index contributed by atoms with van der Waals surface area (Å²) in [6.45, 7) is 5.78. The monoisotopic (exact) mass is 494 g/mol. The number of halogens is 1. The number of hydrogen-bond donors (Lipinski definition) is 3. The van der Waals surface area contributed by atoms with E-state index in [1.165, 1.54) is 12.8 Å². The molecule has 1 fully saturated rings. The number of guanidine groups is 1. The van der Waals surface area contributed by atoms with E-state index in [4.69, 9.17) is 0 Å². The van der Waals surface area contributed by atoms with Crippen LogP contribution in [0.1, 0.15) is 39.5 Å². The molecule has 0 aliphatic heterocycles. The summed E-state index contributed by atoms with van der Waals surface area (Å²) in [6.07, 6.45) is 4.81. The molecule has 6 nitrogen and oxygen atoms in total. The van der Waals surface area contributed by atoms with Gasteiger partial charge >= 0.3 is 0 Å². The highest BCUT2D eigenvalue weighted by Crippen LogP contribution is 2.23. The minimum Gasteiger partial charge on any atom is -0.357 e. The van der Waals surface area contributed by atoms with Crippen molar-refractivity contribution in [2.75, 3.05) is 19.6 Å². The Morgan fingerprint density at radius 2 is 1.81 bits per heavy atom. The van der Waals surface area contributed by atoms with Crippen LogP contribution in [0.5, 0.6) is 0 Å². The van der Waals surface area contributed by atoms with E-state index in [2.05, 4.69) is 27.3 Å². The topological polar surface area (TPSA) is 82.6 Å². The van der Waals surface area contributed by atoms with Gasteiger partial charge in [0.05, 0.1) is 11.4 Å². The van der Waals surface area contributed by atoms with Crippen LogP contribution in [-0.4, -0.2) is 40.1 Å². The Morgan fingerprint density at radius 3 is 2.42 bits per heavy atom. The third-order valence-corrected chi connectivity index (χ3v) is 5.91. The highest BCUT2D eigenvalue weighted by Gasteiger charge is 2.19. The van der Waals surface area contributed by atoms with Crippen molar-refractivity contribution in [1.82, 2.24) is 15.4 Å². The van der Waals surface area contributed by atoms with Gasteiger partial charge in [0.2, 0.25) is 10.0 Å². The molecule has 148 valence electrons. The maximum absolute atomic E-state index is 12.2. The quantitative estimate of drug-likeness (QED) is 0.236. The summed E-state index contributed by atoms with van der Waals surface area (Å²) in [4.78, 5) is 4.77. The average Bonchev–Trinajstić information content (AvgIpc) is 2.61. The maximum atomic E-state index is 12.2. The number of hydrogen-bond acceptors (Lipinski definition) is 3. The highest BCUT2D eigenvalue weighted by molar-refractivity contribution is 14.0. The fraction of sp³-hybridized carbons (Fsp3) is 0.611. The van der Waals surface area contributed by atoms with E-state index < -0.39 is 10.0 Å². The van der Waals surface area contributed by atoms with E-state index in [-0.39, 0.29) is 35.4 Å². The smallest absolute Gasteiger partial charge is 0.240 e. The minimum atomic E-state index is -3.46. The fourth-order valence-electron chi connectivity index (χ4n) is 2.95. The lowest BCUT2D eigenvalue weighted by Gasteiger charge is -2.28. The largest absolute Gasteiger partial charge is 0.357 e. The molecule has 0 radical (unpaired) electrons. The molecule has 2 rings (SSSR count). The summed E-state index contributed by atoms with van der Waals surface area (Å²) in [6, 6.07) is 8.84. The molecule has 8 heteroatoms. The van der Waals surface area contributed by atoms with Crippen LogP contribution in [0.3, 0.4) is 0 Å². The van der Waals surface area contributed by atoms with Gasteiger partial charge in [0.1, 0.15) is 0 Å². The summed E-state index contributed by atoms with van der Waals surface area (Å²) in [5, 5.41) is 6.70. The van der Waals surface area contributed by atoms with Gasteiger partial charge in [0.15, 0.2) is 5.96 Å². The first-order valence-corrected chi connectivity index (χ1v) is 10.6. The Bertz CT molecular complexity index is 644. The molecule has 1 aromatic carbocycles. The lowest BCUT2D eigenvalue weighted by Crippen LogP contribution is -2.45. The number of aliphatic imine (C=N–C) groups is 1. The first kappa shape index (κ1) is 23.2. The molecule has 26 heavy (non-hydrogen) atoms. The Labute approximate surface area is 174 Å². The number of sulfonamides is 1. The molecule has 0 amide bonds. The third kappa shape index (κ3) is 7.79. The summed E-state index contributed by atoms with van der Waals surface area (Å²) < 4.78 is 26.9. The highest BCUT2D eigenvalue weighted by atomic mass is 127. The van der Waals surface area contributed by atoms with Gasteiger partial charge in [0, 0.05) is 19.1 Å². The van der Waals surface area contributed by atoms with Crippen LogP contribution < -0.4 is 15.4 Å². The van der Waals surface area contributed by atoms with Crippen molar-refractivity contribution in [2.24, 2.45) is 10.9 Å². The van der Waals surface area contributed by atoms with Gasteiger partial charge in [-0.1, -0.05) is 25.1 Å². The minimum absolute atomic E-state index is 0. The molecule has 1 aliphatic rings. The van der Waals surface area contributed by atoms with Crippen molar-refractivity contribution in [3.8, 4) is 0 Å². The number of benzene rings is 1. The van der Waals surface area contributed by atoms with Gasteiger partial charge < -0.3 is 10.6 Å². The molecule has 0 saturated heterocycles. The van der Waals surface area contributed by atoms with Crippen molar-refractivity contribution in [3.63, 3.8) is 0 Å². The van der Waals surface area contributed by atoms with Crippen LogP contribution in [-0.2, 0) is 10.0 Å². The second-order valence-corrected chi connectivity index (χ2v) is 8.34. The third-order valence-electron chi connectivity index (χ3n) is 4.43. The standard InChI is InChI=1S/C18H30N4O2S.HI/c1-3-19-18(22-16-11-9-15(2)10-12-16)20-13-14-21-25(23,24)17-7-5-4-6-8-17;/h4-8,15-16,21H,3,9-14H2,1-2H3,(H2,19,20,22);1H. The zero-order chi connectivity index (χ0) is 18.1. The Hall–Kier alpha value is -0.870. The molecule has 1 aliphatic carbocycles. The lowest BCUT2D eigenvalue weighted by atomic mass is 9.87. The summed E-state index contributed by atoms with van der Waals surface area (Å²) >= 11 is 0. The summed E-state index contributed by atoms with van der Waals surface area (Å²) in [5.74, 6) is 1.57. The SMILES string of the molecule is CCNC(=NCCNS(=O)(=O)c1ccccc1)NC1CCC(C)CC1.I. The van der Waals surface area contributed by atoms with Crippen LogP contribution in [0.15, 0.2) is 40.2 Å². The zero-order valence-corrected chi connectivity index (χ0v) is 18.7. The van der Waals surface area contributed by atoms with E-state index in [1.807, 2.05) is 6.92 Å². The predicted molar refractivity (Wildman–Crippen MR) is 118 cm³/mol. The molecule has 1 saturated carbocycles. The molecule has 0 aromatic heterocycles. The maximum Gasteiger partial charge on any atom is 0.240 e. The number of nitrogens with one attached hydrogen (secondary N) is 3. The van der Waals surface area contributed by atoms with E-state index in [1.54, 1.807) is 30.3 Å². The average molecular weight is 494 g/mol. The normalized spacial score (nSPS) is 20.9. The lowest BCUT2D eigenvalue weighted by molar-refractivity contribution is 0.329. The molecular weight excluding hydrogens is 463 g/mol. The second-order valence-electron chi connectivity index (χ2n) is 6.57. The molecule has 0 spiro atoms. The van der Waals surface area contributed by atoms with Gasteiger partial charge in [-0.2, -0.15) is 0 Å². The fourth-order valence-corrected chi connectivity index (χ4v) is 3.99.